The summed E-state index contributed by atoms with van der Waals surface area (Å²) in [7, 11) is 0. The van der Waals surface area contributed by atoms with Crippen molar-refractivity contribution in [2.75, 3.05) is 6.61 Å². The number of aliphatic hydroxyl groups excluding tert-OH is 1. The molecule has 0 saturated carbocycles. The van der Waals surface area contributed by atoms with Gasteiger partial charge in [0.05, 0.1) is 12.6 Å². The average Bonchev–Trinajstić information content (AvgIpc) is 2.55. The van der Waals surface area contributed by atoms with Gasteiger partial charge in [0, 0.05) is 12.4 Å². The lowest BCUT2D eigenvalue weighted by Crippen LogP contribution is -2.14. The maximum atomic E-state index is 10.5. The first-order valence-corrected chi connectivity index (χ1v) is 3.92. The molecule has 1 rings (SSSR count). The second kappa shape index (κ2) is 4.01. The summed E-state index contributed by atoms with van der Waals surface area (Å²) >= 11 is 0. The molecule has 4 heteroatoms. The quantitative estimate of drug-likeness (QED) is 0.671. The number of carbonyl (C=O) groups excluding carboxylic acids is 1. The molecule has 0 aliphatic carbocycles. The van der Waals surface area contributed by atoms with Crippen LogP contribution in [0.15, 0.2) is 12.4 Å². The zero-order valence-corrected chi connectivity index (χ0v) is 6.97. The molecule has 1 heterocycles. The van der Waals surface area contributed by atoms with Crippen molar-refractivity contribution < 1.29 is 9.90 Å². The van der Waals surface area contributed by atoms with Crippen LogP contribution >= 0.6 is 0 Å². The lowest BCUT2D eigenvalue weighted by atomic mass is 10.2. The summed E-state index contributed by atoms with van der Waals surface area (Å²) in [5, 5.41) is 8.95. The van der Waals surface area contributed by atoms with E-state index in [1.807, 2.05) is 6.92 Å². The maximum absolute atomic E-state index is 10.5. The highest BCUT2D eigenvalue weighted by Crippen LogP contribution is 2.11. The molecule has 0 fully saturated rings. The Morgan fingerprint density at radius 3 is 3.08 bits per heavy atom. The van der Waals surface area contributed by atoms with E-state index < -0.39 is 0 Å². The fraction of sp³-hybridized carbons (Fsp3) is 0.500. The van der Waals surface area contributed by atoms with Gasteiger partial charge >= 0.3 is 0 Å². The molecule has 1 aromatic rings. The van der Waals surface area contributed by atoms with Gasteiger partial charge in [-0.1, -0.05) is 6.92 Å². The van der Waals surface area contributed by atoms with Crippen molar-refractivity contribution >= 4 is 6.29 Å². The van der Waals surface area contributed by atoms with Crippen molar-refractivity contribution in [2.45, 2.75) is 19.4 Å². The second-order valence-electron chi connectivity index (χ2n) is 2.56. The number of aldehydes is 1. The molecule has 4 nitrogen and oxygen atoms in total. The Labute approximate surface area is 70.9 Å². The number of hydrogen-bond acceptors (Lipinski definition) is 3. The van der Waals surface area contributed by atoms with Gasteiger partial charge in [0.15, 0.2) is 12.1 Å². The summed E-state index contributed by atoms with van der Waals surface area (Å²) in [5.41, 5.74) is 0. The molecular formula is C8H12N2O2. The van der Waals surface area contributed by atoms with E-state index in [0.717, 1.165) is 6.42 Å². The number of imidazole rings is 1. The van der Waals surface area contributed by atoms with Crippen LogP contribution in [0.2, 0.25) is 0 Å². The van der Waals surface area contributed by atoms with Crippen LogP contribution in [0.5, 0.6) is 0 Å². The van der Waals surface area contributed by atoms with E-state index in [-0.39, 0.29) is 12.6 Å². The smallest absolute Gasteiger partial charge is 0.185 e. The molecular weight excluding hydrogens is 156 g/mol. The molecule has 66 valence electrons. The zero-order valence-electron chi connectivity index (χ0n) is 6.97. The summed E-state index contributed by atoms with van der Waals surface area (Å²) in [6, 6.07) is -0.0345. The average molecular weight is 168 g/mol. The van der Waals surface area contributed by atoms with Gasteiger partial charge in [0.25, 0.3) is 0 Å². The summed E-state index contributed by atoms with van der Waals surface area (Å²) in [5.74, 6) is 0.371. The van der Waals surface area contributed by atoms with Gasteiger partial charge < -0.3 is 9.67 Å². The minimum absolute atomic E-state index is 0.0345. The van der Waals surface area contributed by atoms with Crippen LogP contribution in [0.3, 0.4) is 0 Å². The van der Waals surface area contributed by atoms with Gasteiger partial charge in [-0.15, -0.1) is 0 Å². The minimum atomic E-state index is -0.0345. The van der Waals surface area contributed by atoms with Crippen LogP contribution in [0.4, 0.5) is 0 Å². The van der Waals surface area contributed by atoms with Crippen molar-refractivity contribution in [3.63, 3.8) is 0 Å². The monoisotopic (exact) mass is 168 g/mol. The van der Waals surface area contributed by atoms with Gasteiger partial charge in [-0.05, 0) is 6.42 Å². The SMILES string of the molecule is CCC(CO)n1ccnc1C=O. The van der Waals surface area contributed by atoms with Gasteiger partial charge in [0.1, 0.15) is 0 Å². The Hall–Kier alpha value is -1.16. The minimum Gasteiger partial charge on any atom is -0.394 e. The summed E-state index contributed by atoms with van der Waals surface area (Å²) in [6.07, 6.45) is 4.74. The molecule has 0 saturated heterocycles. The van der Waals surface area contributed by atoms with Crippen molar-refractivity contribution in [1.82, 2.24) is 9.55 Å². The Morgan fingerprint density at radius 2 is 2.58 bits per heavy atom. The molecule has 0 amide bonds. The third-order valence-corrected chi connectivity index (χ3v) is 1.88. The van der Waals surface area contributed by atoms with Crippen molar-refractivity contribution in [3.8, 4) is 0 Å². The van der Waals surface area contributed by atoms with E-state index in [1.54, 1.807) is 17.0 Å². The first-order chi connectivity index (χ1) is 5.83. The van der Waals surface area contributed by atoms with Gasteiger partial charge in [-0.3, -0.25) is 4.79 Å². The maximum Gasteiger partial charge on any atom is 0.185 e. The molecule has 1 atom stereocenters. The lowest BCUT2D eigenvalue weighted by molar-refractivity contribution is 0.110. The number of aromatic nitrogens is 2. The number of aliphatic hydroxyl groups is 1. The number of carbonyl (C=O) groups is 1. The van der Waals surface area contributed by atoms with Gasteiger partial charge in [0.2, 0.25) is 0 Å². The number of hydrogen-bond donors (Lipinski definition) is 1. The zero-order chi connectivity index (χ0) is 8.97. The molecule has 1 aromatic heterocycles. The molecule has 0 aromatic carbocycles. The first-order valence-electron chi connectivity index (χ1n) is 3.92. The first kappa shape index (κ1) is 8.93. The number of rotatable bonds is 4. The summed E-state index contributed by atoms with van der Waals surface area (Å²) in [4.78, 5) is 14.3. The number of nitrogens with zero attached hydrogens (tertiary/aromatic N) is 2. The van der Waals surface area contributed by atoms with E-state index in [1.165, 1.54) is 0 Å². The largest absolute Gasteiger partial charge is 0.394 e. The van der Waals surface area contributed by atoms with Gasteiger partial charge in [-0.2, -0.15) is 0 Å². The fourth-order valence-corrected chi connectivity index (χ4v) is 1.14. The highest BCUT2D eigenvalue weighted by molar-refractivity contribution is 5.69. The van der Waals surface area contributed by atoms with Crippen molar-refractivity contribution in [2.24, 2.45) is 0 Å². The third-order valence-electron chi connectivity index (χ3n) is 1.88. The molecule has 12 heavy (non-hydrogen) atoms. The van der Waals surface area contributed by atoms with Crippen LogP contribution in [0.25, 0.3) is 0 Å². The Morgan fingerprint density at radius 1 is 1.83 bits per heavy atom. The molecule has 1 unspecified atom stereocenters. The van der Waals surface area contributed by atoms with E-state index in [2.05, 4.69) is 4.98 Å². The Kier molecular flexibility index (Phi) is 2.99. The lowest BCUT2D eigenvalue weighted by Gasteiger charge is -2.13. The normalized spacial score (nSPS) is 12.8. The molecule has 0 bridgehead atoms. The van der Waals surface area contributed by atoms with Crippen LogP contribution in [0.1, 0.15) is 30.0 Å². The third kappa shape index (κ3) is 1.53. The van der Waals surface area contributed by atoms with Crippen LogP contribution in [-0.2, 0) is 0 Å². The Balaban J connectivity index is 2.90. The highest BCUT2D eigenvalue weighted by Gasteiger charge is 2.10. The predicted molar refractivity (Wildman–Crippen MR) is 44.0 cm³/mol. The van der Waals surface area contributed by atoms with Crippen molar-refractivity contribution in [3.05, 3.63) is 18.2 Å². The second-order valence-corrected chi connectivity index (χ2v) is 2.56. The summed E-state index contributed by atoms with van der Waals surface area (Å²) < 4.78 is 1.69. The summed E-state index contributed by atoms with van der Waals surface area (Å²) in [6.45, 7) is 1.99. The van der Waals surface area contributed by atoms with E-state index in [0.29, 0.717) is 12.1 Å². The molecule has 1 N–H and O–H groups in total. The molecule has 0 spiro atoms. The fourth-order valence-electron chi connectivity index (χ4n) is 1.14. The Bertz CT molecular complexity index is 253. The van der Waals surface area contributed by atoms with E-state index >= 15 is 0 Å². The molecule has 0 radical (unpaired) electrons. The highest BCUT2D eigenvalue weighted by atomic mass is 16.3. The van der Waals surface area contributed by atoms with Crippen LogP contribution in [0, 0.1) is 0 Å². The van der Waals surface area contributed by atoms with Crippen molar-refractivity contribution in [1.29, 1.82) is 0 Å². The van der Waals surface area contributed by atoms with Crippen LogP contribution in [-0.4, -0.2) is 27.6 Å². The van der Waals surface area contributed by atoms with Crippen LogP contribution < -0.4 is 0 Å². The molecule has 0 aliphatic heterocycles. The predicted octanol–water partition coefficient (Wildman–Crippen LogP) is 0.639. The van der Waals surface area contributed by atoms with E-state index in [9.17, 15) is 4.79 Å². The standard InChI is InChI=1S/C8H12N2O2/c1-2-7(5-11)10-4-3-9-8(10)6-12/h3-4,6-7,11H,2,5H2,1H3. The van der Waals surface area contributed by atoms with Gasteiger partial charge in [-0.25, -0.2) is 4.98 Å². The topological polar surface area (TPSA) is 55.1 Å². The molecule has 0 aliphatic rings. The van der Waals surface area contributed by atoms with E-state index in [4.69, 9.17) is 5.11 Å².